The molecule has 0 aliphatic carbocycles. The molecular formula is C25H34N2O5S. The van der Waals surface area contributed by atoms with Gasteiger partial charge < -0.3 is 14.8 Å². The highest BCUT2D eigenvalue weighted by atomic mass is 32.2. The van der Waals surface area contributed by atoms with Crippen LogP contribution in [0, 0.1) is 0 Å². The zero-order chi connectivity index (χ0) is 23.8. The van der Waals surface area contributed by atoms with E-state index in [1.165, 1.54) is 12.1 Å². The third-order valence-electron chi connectivity index (χ3n) is 5.94. The van der Waals surface area contributed by atoms with E-state index in [1.54, 1.807) is 26.0 Å². The molecule has 0 bridgehead atoms. The average molecular weight is 475 g/mol. The minimum absolute atomic E-state index is 0.223. The Labute approximate surface area is 197 Å². The number of sulfone groups is 1. The SMILES string of the molecule is CC(C)S(=O)(=O)c1ccc(C(=O)NCc2cccc(OCCN(C)C3CCOCC3)c2)cc1. The molecule has 1 aliphatic heterocycles. The standard InChI is InChI=1S/C25H34N2O5S/c1-19(2)33(29,30)24-9-7-21(8-10-24)25(28)26-18-20-5-4-6-23(17-20)32-16-13-27(3)22-11-14-31-15-12-22/h4-10,17,19,22H,11-16,18H2,1-3H3,(H,26,28). The molecule has 8 heteroatoms. The lowest BCUT2D eigenvalue weighted by Gasteiger charge is -2.31. The normalized spacial score (nSPS) is 15.1. The summed E-state index contributed by atoms with van der Waals surface area (Å²) >= 11 is 0. The molecule has 7 nitrogen and oxygen atoms in total. The van der Waals surface area contributed by atoms with Gasteiger partial charge in [0.2, 0.25) is 0 Å². The topological polar surface area (TPSA) is 84.9 Å². The van der Waals surface area contributed by atoms with Gasteiger partial charge in [-0.2, -0.15) is 0 Å². The minimum Gasteiger partial charge on any atom is -0.492 e. The predicted octanol–water partition coefficient (Wildman–Crippen LogP) is 3.29. The number of nitrogens with zero attached hydrogens (tertiary/aromatic N) is 1. The molecule has 1 N–H and O–H groups in total. The molecule has 3 rings (SSSR count). The fourth-order valence-corrected chi connectivity index (χ4v) is 4.77. The summed E-state index contributed by atoms with van der Waals surface area (Å²) in [5, 5.41) is 2.37. The fourth-order valence-electron chi connectivity index (χ4n) is 3.71. The third-order valence-corrected chi connectivity index (χ3v) is 8.11. The number of ether oxygens (including phenoxy) is 2. The van der Waals surface area contributed by atoms with Crippen LogP contribution in [0.15, 0.2) is 53.4 Å². The van der Waals surface area contributed by atoms with Gasteiger partial charge in [-0.05, 0) is 75.7 Å². The van der Waals surface area contributed by atoms with Gasteiger partial charge in [-0.15, -0.1) is 0 Å². The molecular weight excluding hydrogens is 440 g/mol. The van der Waals surface area contributed by atoms with Crippen molar-refractivity contribution >= 4 is 15.7 Å². The second-order valence-electron chi connectivity index (χ2n) is 8.62. The van der Waals surface area contributed by atoms with E-state index in [1.807, 2.05) is 24.3 Å². The molecule has 1 aliphatic rings. The molecule has 0 radical (unpaired) electrons. The summed E-state index contributed by atoms with van der Waals surface area (Å²) in [6.07, 6.45) is 2.11. The fraction of sp³-hybridized carbons (Fsp3) is 0.480. The minimum atomic E-state index is -3.35. The van der Waals surface area contributed by atoms with Gasteiger partial charge in [-0.25, -0.2) is 8.42 Å². The molecule has 2 aromatic carbocycles. The highest BCUT2D eigenvalue weighted by Gasteiger charge is 2.20. The Morgan fingerprint density at radius 3 is 2.52 bits per heavy atom. The summed E-state index contributed by atoms with van der Waals surface area (Å²) in [5.74, 6) is 0.512. The van der Waals surface area contributed by atoms with Crippen LogP contribution in [0.5, 0.6) is 5.75 Å². The van der Waals surface area contributed by atoms with Gasteiger partial charge in [0.25, 0.3) is 5.91 Å². The Balaban J connectivity index is 1.48. The first kappa shape index (κ1) is 25.2. The van der Waals surface area contributed by atoms with Crippen LogP contribution in [0.1, 0.15) is 42.6 Å². The largest absolute Gasteiger partial charge is 0.492 e. The van der Waals surface area contributed by atoms with E-state index in [4.69, 9.17) is 9.47 Å². The Bertz CT molecular complexity index is 1020. The first-order valence-corrected chi connectivity index (χ1v) is 12.9. The van der Waals surface area contributed by atoms with Crippen LogP contribution in [0.3, 0.4) is 0 Å². The number of nitrogens with one attached hydrogen (secondary N) is 1. The van der Waals surface area contributed by atoms with Gasteiger partial charge in [0.1, 0.15) is 12.4 Å². The maximum atomic E-state index is 12.5. The van der Waals surface area contributed by atoms with E-state index >= 15 is 0 Å². The van der Waals surface area contributed by atoms with Crippen LogP contribution in [-0.2, 0) is 21.1 Å². The molecule has 1 amide bonds. The van der Waals surface area contributed by atoms with Crippen molar-refractivity contribution < 1.29 is 22.7 Å². The van der Waals surface area contributed by atoms with Crippen LogP contribution >= 0.6 is 0 Å². The molecule has 1 fully saturated rings. The van der Waals surface area contributed by atoms with E-state index in [-0.39, 0.29) is 10.8 Å². The van der Waals surface area contributed by atoms with Gasteiger partial charge in [0.05, 0.1) is 10.1 Å². The summed E-state index contributed by atoms with van der Waals surface area (Å²) in [4.78, 5) is 15.0. The van der Waals surface area contributed by atoms with Crippen LogP contribution < -0.4 is 10.1 Å². The summed E-state index contributed by atoms with van der Waals surface area (Å²) in [6.45, 7) is 6.71. The maximum Gasteiger partial charge on any atom is 0.251 e. The van der Waals surface area contributed by atoms with Crippen molar-refractivity contribution in [3.05, 3.63) is 59.7 Å². The Morgan fingerprint density at radius 2 is 1.85 bits per heavy atom. The molecule has 1 heterocycles. The van der Waals surface area contributed by atoms with E-state index in [9.17, 15) is 13.2 Å². The smallest absolute Gasteiger partial charge is 0.251 e. The molecule has 180 valence electrons. The number of amides is 1. The molecule has 33 heavy (non-hydrogen) atoms. The summed E-state index contributed by atoms with van der Waals surface area (Å²) in [7, 11) is -1.23. The van der Waals surface area contributed by atoms with Gasteiger partial charge in [0.15, 0.2) is 9.84 Å². The van der Waals surface area contributed by atoms with Crippen LogP contribution in [0.4, 0.5) is 0 Å². The maximum absolute atomic E-state index is 12.5. The molecule has 0 saturated carbocycles. The second kappa shape index (κ2) is 11.6. The second-order valence-corrected chi connectivity index (χ2v) is 11.1. The lowest BCUT2D eigenvalue weighted by Crippen LogP contribution is -2.38. The third kappa shape index (κ3) is 7.03. The van der Waals surface area contributed by atoms with Crippen molar-refractivity contribution in [2.24, 2.45) is 0 Å². The first-order chi connectivity index (χ1) is 15.8. The molecule has 2 aromatic rings. The average Bonchev–Trinajstić information content (AvgIpc) is 2.83. The molecule has 0 atom stereocenters. The van der Waals surface area contributed by atoms with E-state index < -0.39 is 15.1 Å². The van der Waals surface area contributed by atoms with E-state index in [0.717, 1.165) is 43.9 Å². The van der Waals surface area contributed by atoms with Crippen molar-refractivity contribution in [1.82, 2.24) is 10.2 Å². The lowest BCUT2D eigenvalue weighted by molar-refractivity contribution is 0.0392. The summed E-state index contributed by atoms with van der Waals surface area (Å²) < 4.78 is 35.8. The Kier molecular flexibility index (Phi) is 8.88. The number of hydrogen-bond donors (Lipinski definition) is 1. The van der Waals surface area contributed by atoms with E-state index in [2.05, 4.69) is 17.3 Å². The van der Waals surface area contributed by atoms with Crippen molar-refractivity contribution in [1.29, 1.82) is 0 Å². The van der Waals surface area contributed by atoms with Crippen molar-refractivity contribution in [3.8, 4) is 5.75 Å². The molecule has 0 spiro atoms. The zero-order valence-electron chi connectivity index (χ0n) is 19.6. The van der Waals surface area contributed by atoms with Gasteiger partial charge >= 0.3 is 0 Å². The summed E-state index contributed by atoms with van der Waals surface area (Å²) in [6, 6.07) is 14.3. The van der Waals surface area contributed by atoms with Crippen molar-refractivity contribution in [3.63, 3.8) is 0 Å². The lowest BCUT2D eigenvalue weighted by atomic mass is 10.1. The predicted molar refractivity (Wildman–Crippen MR) is 128 cm³/mol. The molecule has 1 saturated heterocycles. The van der Waals surface area contributed by atoms with Crippen LogP contribution in [0.2, 0.25) is 0 Å². The van der Waals surface area contributed by atoms with E-state index in [0.29, 0.717) is 24.8 Å². The highest BCUT2D eigenvalue weighted by molar-refractivity contribution is 7.92. The number of carbonyl (C=O) groups excluding carboxylic acids is 1. The monoisotopic (exact) mass is 474 g/mol. The Morgan fingerprint density at radius 1 is 1.15 bits per heavy atom. The van der Waals surface area contributed by atoms with Crippen LogP contribution in [-0.4, -0.2) is 63.9 Å². The zero-order valence-corrected chi connectivity index (χ0v) is 20.4. The van der Waals surface area contributed by atoms with Gasteiger partial charge in [-0.1, -0.05) is 12.1 Å². The highest BCUT2D eigenvalue weighted by Crippen LogP contribution is 2.18. The number of likely N-dealkylation sites (N-methyl/N-ethyl adjacent to an activating group) is 1. The number of benzene rings is 2. The van der Waals surface area contributed by atoms with Gasteiger partial charge in [-0.3, -0.25) is 9.69 Å². The quantitative estimate of drug-likeness (QED) is 0.569. The molecule has 0 aromatic heterocycles. The van der Waals surface area contributed by atoms with Gasteiger partial charge in [0, 0.05) is 37.9 Å². The summed E-state index contributed by atoms with van der Waals surface area (Å²) in [5.41, 5.74) is 1.35. The molecule has 0 unspecified atom stereocenters. The number of carbonyl (C=O) groups is 1. The number of hydrogen-bond acceptors (Lipinski definition) is 6. The first-order valence-electron chi connectivity index (χ1n) is 11.4. The Hall–Kier alpha value is -2.42. The number of rotatable bonds is 10. The van der Waals surface area contributed by atoms with Crippen LogP contribution in [0.25, 0.3) is 0 Å². The van der Waals surface area contributed by atoms with Crippen molar-refractivity contribution in [2.75, 3.05) is 33.4 Å². The van der Waals surface area contributed by atoms with Crippen molar-refractivity contribution in [2.45, 2.75) is 49.4 Å².